The summed E-state index contributed by atoms with van der Waals surface area (Å²) in [5.41, 5.74) is 0.468. The Bertz CT molecular complexity index is 328. The number of amides is 1. The van der Waals surface area contributed by atoms with Crippen LogP contribution in [0.2, 0.25) is 0 Å². The summed E-state index contributed by atoms with van der Waals surface area (Å²) in [5, 5.41) is 0.338. The standard InChI is InChI=1S/C13H21NOS/c1-8-4-5-9-11(10(8)13(9,2)3)14-6-7-16-12(14)15/h8-11H,4-7H2,1-3H3. The molecule has 4 aliphatic rings. The topological polar surface area (TPSA) is 20.3 Å². The molecule has 0 radical (unpaired) electrons. The van der Waals surface area contributed by atoms with Gasteiger partial charge in [0, 0.05) is 18.3 Å². The molecular weight excluding hydrogens is 218 g/mol. The van der Waals surface area contributed by atoms with E-state index in [0.29, 0.717) is 16.7 Å². The summed E-state index contributed by atoms with van der Waals surface area (Å²) in [5.74, 6) is 3.30. The van der Waals surface area contributed by atoms with Crippen LogP contribution in [-0.2, 0) is 0 Å². The number of carbonyl (C=O) groups excluding carboxylic acids is 1. The molecule has 3 aliphatic carbocycles. The van der Waals surface area contributed by atoms with Crippen LogP contribution >= 0.6 is 11.8 Å². The van der Waals surface area contributed by atoms with E-state index in [-0.39, 0.29) is 0 Å². The highest BCUT2D eigenvalue weighted by molar-refractivity contribution is 8.13. The summed E-state index contributed by atoms with van der Waals surface area (Å²) in [6.07, 6.45) is 2.69. The van der Waals surface area contributed by atoms with E-state index in [4.69, 9.17) is 0 Å². The highest BCUT2D eigenvalue weighted by atomic mass is 32.2. The lowest BCUT2D eigenvalue weighted by Crippen LogP contribution is -2.68. The normalized spacial score (nSPS) is 45.7. The molecule has 1 aliphatic heterocycles. The number of nitrogens with zero attached hydrogens (tertiary/aromatic N) is 1. The molecule has 4 unspecified atom stereocenters. The molecule has 0 aromatic rings. The van der Waals surface area contributed by atoms with E-state index in [0.717, 1.165) is 30.1 Å². The molecule has 1 amide bonds. The van der Waals surface area contributed by atoms with Crippen LogP contribution in [0.15, 0.2) is 0 Å². The van der Waals surface area contributed by atoms with Crippen LogP contribution < -0.4 is 0 Å². The Morgan fingerprint density at radius 1 is 1.38 bits per heavy atom. The van der Waals surface area contributed by atoms with E-state index in [1.54, 1.807) is 0 Å². The predicted molar refractivity (Wildman–Crippen MR) is 67.5 cm³/mol. The Balaban J connectivity index is 1.85. The van der Waals surface area contributed by atoms with Gasteiger partial charge in [-0.1, -0.05) is 32.5 Å². The van der Waals surface area contributed by atoms with Crippen molar-refractivity contribution >= 4 is 17.0 Å². The molecule has 0 N–H and O–H groups in total. The maximum absolute atomic E-state index is 11.8. The molecule has 0 spiro atoms. The fourth-order valence-electron chi connectivity index (χ4n) is 4.58. The Labute approximate surface area is 102 Å². The van der Waals surface area contributed by atoms with Crippen molar-refractivity contribution in [2.75, 3.05) is 12.3 Å². The van der Waals surface area contributed by atoms with Gasteiger partial charge in [0.1, 0.15) is 0 Å². The largest absolute Gasteiger partial charge is 0.329 e. The van der Waals surface area contributed by atoms with Crippen molar-refractivity contribution in [2.45, 2.75) is 39.7 Å². The Morgan fingerprint density at radius 3 is 2.62 bits per heavy atom. The van der Waals surface area contributed by atoms with E-state index in [1.165, 1.54) is 24.6 Å². The second-order valence-corrected chi connectivity index (χ2v) is 7.35. The summed E-state index contributed by atoms with van der Waals surface area (Å²) in [7, 11) is 0. The monoisotopic (exact) mass is 239 g/mol. The molecule has 3 saturated carbocycles. The molecule has 1 heterocycles. The van der Waals surface area contributed by atoms with E-state index in [1.807, 2.05) is 0 Å². The van der Waals surface area contributed by atoms with Crippen LogP contribution in [-0.4, -0.2) is 28.5 Å². The fourth-order valence-corrected chi connectivity index (χ4v) is 5.42. The minimum Gasteiger partial charge on any atom is -0.329 e. The smallest absolute Gasteiger partial charge is 0.281 e. The third kappa shape index (κ3) is 1.24. The van der Waals surface area contributed by atoms with E-state index in [9.17, 15) is 4.79 Å². The third-order valence-electron chi connectivity index (χ3n) is 5.29. The lowest BCUT2D eigenvalue weighted by Gasteiger charge is -2.66. The average Bonchev–Trinajstić information content (AvgIpc) is 2.61. The first kappa shape index (κ1) is 10.9. The number of hydrogen-bond acceptors (Lipinski definition) is 2. The van der Waals surface area contributed by atoms with Crippen LogP contribution in [0, 0.1) is 23.2 Å². The Morgan fingerprint density at radius 2 is 2.12 bits per heavy atom. The summed E-state index contributed by atoms with van der Waals surface area (Å²) in [6.45, 7) is 8.18. The van der Waals surface area contributed by atoms with Crippen molar-refractivity contribution in [2.24, 2.45) is 23.2 Å². The van der Waals surface area contributed by atoms with Gasteiger partial charge < -0.3 is 4.90 Å². The zero-order valence-corrected chi connectivity index (χ0v) is 11.2. The van der Waals surface area contributed by atoms with Gasteiger partial charge in [-0.15, -0.1) is 0 Å². The number of hydrogen-bond donors (Lipinski definition) is 0. The van der Waals surface area contributed by atoms with Crippen LogP contribution in [0.4, 0.5) is 4.79 Å². The van der Waals surface area contributed by atoms with Gasteiger partial charge in [0.2, 0.25) is 0 Å². The molecule has 4 rings (SSSR count). The van der Waals surface area contributed by atoms with Crippen molar-refractivity contribution in [3.8, 4) is 0 Å². The Kier molecular flexibility index (Phi) is 2.33. The second-order valence-electron chi connectivity index (χ2n) is 6.31. The first-order valence-electron chi connectivity index (χ1n) is 6.47. The maximum Gasteiger partial charge on any atom is 0.281 e. The molecule has 0 aromatic carbocycles. The molecule has 2 bridgehead atoms. The molecule has 2 nitrogen and oxygen atoms in total. The zero-order chi connectivity index (χ0) is 11.5. The van der Waals surface area contributed by atoms with Gasteiger partial charge in [-0.25, -0.2) is 0 Å². The van der Waals surface area contributed by atoms with Gasteiger partial charge in [0.05, 0.1) is 0 Å². The van der Waals surface area contributed by atoms with Crippen LogP contribution in [0.25, 0.3) is 0 Å². The SMILES string of the molecule is CC1CCC2C(N3CCSC3=O)C1C2(C)C. The second kappa shape index (κ2) is 3.41. The first-order valence-corrected chi connectivity index (χ1v) is 7.45. The van der Waals surface area contributed by atoms with Crippen molar-refractivity contribution in [3.63, 3.8) is 0 Å². The molecule has 90 valence electrons. The maximum atomic E-state index is 11.8. The molecule has 4 fully saturated rings. The zero-order valence-electron chi connectivity index (χ0n) is 10.4. The minimum atomic E-state index is 0.338. The number of rotatable bonds is 1. The average molecular weight is 239 g/mol. The van der Waals surface area contributed by atoms with E-state index in [2.05, 4.69) is 25.7 Å². The van der Waals surface area contributed by atoms with E-state index >= 15 is 0 Å². The van der Waals surface area contributed by atoms with Gasteiger partial charge in [0.25, 0.3) is 5.24 Å². The molecular formula is C13H21NOS. The molecule has 4 atom stereocenters. The third-order valence-corrected chi connectivity index (χ3v) is 6.16. The van der Waals surface area contributed by atoms with E-state index < -0.39 is 0 Å². The van der Waals surface area contributed by atoms with Crippen LogP contribution in [0.1, 0.15) is 33.6 Å². The van der Waals surface area contributed by atoms with Gasteiger partial charge in [-0.05, 0) is 36.0 Å². The van der Waals surface area contributed by atoms with Gasteiger partial charge >= 0.3 is 0 Å². The lowest BCUT2D eigenvalue weighted by atomic mass is 9.42. The highest BCUT2D eigenvalue weighted by Gasteiger charge is 2.63. The lowest BCUT2D eigenvalue weighted by molar-refractivity contribution is -0.164. The predicted octanol–water partition coefficient (Wildman–Crippen LogP) is 3.23. The van der Waals surface area contributed by atoms with Gasteiger partial charge in [-0.3, -0.25) is 4.79 Å². The molecule has 1 saturated heterocycles. The fraction of sp³-hybridized carbons (Fsp3) is 0.923. The van der Waals surface area contributed by atoms with Gasteiger partial charge in [0.15, 0.2) is 0 Å². The molecule has 3 heteroatoms. The number of fused-ring (bicyclic) bond motifs is 2. The number of thioether (sulfide) groups is 1. The van der Waals surface area contributed by atoms with Crippen LogP contribution in [0.5, 0.6) is 0 Å². The summed E-state index contributed by atoms with van der Waals surface area (Å²) < 4.78 is 0. The number of carbonyl (C=O) groups is 1. The van der Waals surface area contributed by atoms with Crippen LogP contribution in [0.3, 0.4) is 0 Å². The molecule has 0 aromatic heterocycles. The minimum absolute atomic E-state index is 0.338. The summed E-state index contributed by atoms with van der Waals surface area (Å²) in [4.78, 5) is 14.0. The summed E-state index contributed by atoms with van der Waals surface area (Å²) in [6, 6.07) is 0.571. The first-order chi connectivity index (χ1) is 7.53. The van der Waals surface area contributed by atoms with Crippen molar-refractivity contribution < 1.29 is 4.79 Å². The van der Waals surface area contributed by atoms with Gasteiger partial charge in [-0.2, -0.15) is 0 Å². The Hall–Kier alpha value is -0.180. The van der Waals surface area contributed by atoms with Crippen molar-refractivity contribution in [1.82, 2.24) is 4.90 Å². The van der Waals surface area contributed by atoms with Crippen molar-refractivity contribution in [1.29, 1.82) is 0 Å². The van der Waals surface area contributed by atoms with Crippen molar-refractivity contribution in [3.05, 3.63) is 0 Å². The highest BCUT2D eigenvalue weighted by Crippen LogP contribution is 2.63. The molecule has 16 heavy (non-hydrogen) atoms. The summed E-state index contributed by atoms with van der Waals surface area (Å²) >= 11 is 1.51. The quantitative estimate of drug-likeness (QED) is 0.700.